The van der Waals surface area contributed by atoms with Crippen molar-refractivity contribution in [3.05, 3.63) is 10.7 Å². The number of aromatic nitrogens is 2. The van der Waals surface area contributed by atoms with Gasteiger partial charge < -0.3 is 5.73 Å². The van der Waals surface area contributed by atoms with Gasteiger partial charge in [-0.15, -0.1) is 0 Å². The fourth-order valence-corrected chi connectivity index (χ4v) is 1.26. The van der Waals surface area contributed by atoms with Crippen LogP contribution in [0.3, 0.4) is 0 Å². The SMILES string of the molecule is Cc1nn(CCC(C)C)c(N)c1Cl. The van der Waals surface area contributed by atoms with Crippen molar-refractivity contribution in [2.75, 3.05) is 5.73 Å². The number of nitrogens with zero attached hydrogens (tertiary/aromatic N) is 2. The molecule has 2 N–H and O–H groups in total. The van der Waals surface area contributed by atoms with E-state index in [2.05, 4.69) is 18.9 Å². The minimum Gasteiger partial charge on any atom is -0.383 e. The van der Waals surface area contributed by atoms with Gasteiger partial charge in [-0.25, -0.2) is 4.68 Å². The number of aryl methyl sites for hydroxylation is 2. The number of rotatable bonds is 3. The summed E-state index contributed by atoms with van der Waals surface area (Å²) in [6, 6.07) is 0. The lowest BCUT2D eigenvalue weighted by molar-refractivity contribution is 0.490. The normalized spacial score (nSPS) is 11.2. The Kier molecular flexibility index (Phi) is 3.20. The largest absolute Gasteiger partial charge is 0.383 e. The van der Waals surface area contributed by atoms with Crippen molar-refractivity contribution in [1.29, 1.82) is 0 Å². The lowest BCUT2D eigenvalue weighted by Gasteiger charge is -2.05. The van der Waals surface area contributed by atoms with E-state index in [4.69, 9.17) is 17.3 Å². The smallest absolute Gasteiger partial charge is 0.140 e. The highest BCUT2D eigenvalue weighted by Crippen LogP contribution is 2.22. The van der Waals surface area contributed by atoms with E-state index in [9.17, 15) is 0 Å². The maximum Gasteiger partial charge on any atom is 0.140 e. The molecule has 0 saturated heterocycles. The second kappa shape index (κ2) is 4.01. The monoisotopic (exact) mass is 201 g/mol. The lowest BCUT2D eigenvalue weighted by atomic mass is 10.1. The molecule has 0 amide bonds. The first-order chi connectivity index (χ1) is 6.02. The summed E-state index contributed by atoms with van der Waals surface area (Å²) in [4.78, 5) is 0. The van der Waals surface area contributed by atoms with Crippen LogP contribution in [0.25, 0.3) is 0 Å². The lowest BCUT2D eigenvalue weighted by Crippen LogP contribution is -2.06. The Labute approximate surface area is 83.9 Å². The van der Waals surface area contributed by atoms with Crippen LogP contribution in [0.4, 0.5) is 5.82 Å². The third-order valence-corrected chi connectivity index (χ3v) is 2.48. The molecule has 0 aliphatic heterocycles. The molecule has 0 radical (unpaired) electrons. The Hall–Kier alpha value is -0.700. The maximum atomic E-state index is 5.91. The Bertz CT molecular complexity index is 291. The van der Waals surface area contributed by atoms with Crippen molar-refractivity contribution >= 4 is 17.4 Å². The van der Waals surface area contributed by atoms with Gasteiger partial charge in [0.25, 0.3) is 0 Å². The van der Waals surface area contributed by atoms with Gasteiger partial charge >= 0.3 is 0 Å². The molecular formula is C9H16ClN3. The highest BCUT2D eigenvalue weighted by Gasteiger charge is 2.09. The van der Waals surface area contributed by atoms with Crippen LogP contribution in [0.1, 0.15) is 26.0 Å². The van der Waals surface area contributed by atoms with E-state index in [0.717, 1.165) is 18.7 Å². The molecule has 13 heavy (non-hydrogen) atoms. The minimum atomic E-state index is 0.583. The number of nitrogen functional groups attached to an aromatic ring is 1. The molecule has 0 saturated carbocycles. The summed E-state index contributed by atoms with van der Waals surface area (Å²) in [6.07, 6.45) is 1.07. The van der Waals surface area contributed by atoms with Crippen LogP contribution in [-0.4, -0.2) is 9.78 Å². The zero-order chi connectivity index (χ0) is 10.0. The average Bonchev–Trinajstić information content (AvgIpc) is 2.29. The van der Waals surface area contributed by atoms with Crippen molar-refractivity contribution in [3.63, 3.8) is 0 Å². The minimum absolute atomic E-state index is 0.583. The molecule has 0 fully saturated rings. The van der Waals surface area contributed by atoms with E-state index >= 15 is 0 Å². The van der Waals surface area contributed by atoms with E-state index in [0.29, 0.717) is 16.8 Å². The fourth-order valence-electron chi connectivity index (χ4n) is 1.13. The first-order valence-corrected chi connectivity index (χ1v) is 4.88. The van der Waals surface area contributed by atoms with Crippen LogP contribution >= 0.6 is 11.6 Å². The highest BCUT2D eigenvalue weighted by atomic mass is 35.5. The molecule has 3 nitrogen and oxygen atoms in total. The van der Waals surface area contributed by atoms with E-state index in [1.165, 1.54) is 0 Å². The Morgan fingerprint density at radius 2 is 2.15 bits per heavy atom. The van der Waals surface area contributed by atoms with Crippen molar-refractivity contribution in [2.45, 2.75) is 33.7 Å². The highest BCUT2D eigenvalue weighted by molar-refractivity contribution is 6.33. The molecular weight excluding hydrogens is 186 g/mol. The van der Waals surface area contributed by atoms with Crippen LogP contribution in [0.15, 0.2) is 0 Å². The van der Waals surface area contributed by atoms with Crippen LogP contribution in [-0.2, 0) is 6.54 Å². The molecule has 0 aliphatic rings. The van der Waals surface area contributed by atoms with Gasteiger partial charge in [-0.05, 0) is 19.3 Å². The summed E-state index contributed by atoms with van der Waals surface area (Å²) in [5.74, 6) is 1.24. The van der Waals surface area contributed by atoms with Gasteiger partial charge in [0.2, 0.25) is 0 Å². The number of hydrogen-bond donors (Lipinski definition) is 1. The van der Waals surface area contributed by atoms with Gasteiger partial charge in [-0.2, -0.15) is 5.10 Å². The molecule has 0 spiro atoms. The van der Waals surface area contributed by atoms with Gasteiger partial charge in [0, 0.05) is 6.54 Å². The molecule has 0 aromatic carbocycles. The summed E-state index contributed by atoms with van der Waals surface area (Å²) >= 11 is 5.91. The zero-order valence-corrected chi connectivity index (χ0v) is 9.10. The van der Waals surface area contributed by atoms with E-state index in [-0.39, 0.29) is 0 Å². The second-order valence-electron chi connectivity index (χ2n) is 3.69. The van der Waals surface area contributed by atoms with Gasteiger partial charge in [0.15, 0.2) is 0 Å². The Morgan fingerprint density at radius 3 is 2.54 bits per heavy atom. The van der Waals surface area contributed by atoms with Crippen LogP contribution in [0, 0.1) is 12.8 Å². The molecule has 74 valence electrons. The summed E-state index contributed by atoms with van der Waals surface area (Å²) in [5, 5.41) is 4.83. The summed E-state index contributed by atoms with van der Waals surface area (Å²) in [6.45, 7) is 7.06. The molecule has 0 unspecified atom stereocenters. The van der Waals surface area contributed by atoms with Crippen LogP contribution < -0.4 is 5.73 Å². The molecule has 4 heteroatoms. The Balaban J connectivity index is 2.72. The molecule has 0 atom stereocenters. The molecule has 1 rings (SSSR count). The summed E-state index contributed by atoms with van der Waals surface area (Å²) in [7, 11) is 0. The van der Waals surface area contributed by atoms with E-state index in [1.54, 1.807) is 4.68 Å². The second-order valence-corrected chi connectivity index (χ2v) is 4.07. The third-order valence-electron chi connectivity index (χ3n) is 2.01. The van der Waals surface area contributed by atoms with Crippen molar-refractivity contribution in [3.8, 4) is 0 Å². The molecule has 0 aliphatic carbocycles. The first kappa shape index (κ1) is 10.4. The predicted molar refractivity (Wildman–Crippen MR) is 55.8 cm³/mol. The molecule has 0 bridgehead atoms. The van der Waals surface area contributed by atoms with Gasteiger partial charge in [-0.3, -0.25) is 0 Å². The van der Waals surface area contributed by atoms with Gasteiger partial charge in [-0.1, -0.05) is 25.4 Å². The summed E-state index contributed by atoms with van der Waals surface area (Å²) in [5.41, 5.74) is 6.57. The number of anilines is 1. The molecule has 1 heterocycles. The van der Waals surface area contributed by atoms with Crippen molar-refractivity contribution in [2.24, 2.45) is 5.92 Å². The quantitative estimate of drug-likeness (QED) is 0.817. The summed E-state index contributed by atoms with van der Waals surface area (Å²) < 4.78 is 1.78. The number of hydrogen-bond acceptors (Lipinski definition) is 2. The third kappa shape index (κ3) is 2.37. The maximum absolute atomic E-state index is 5.91. The number of halogens is 1. The van der Waals surface area contributed by atoms with Gasteiger partial charge in [0.1, 0.15) is 10.8 Å². The van der Waals surface area contributed by atoms with Gasteiger partial charge in [0.05, 0.1) is 5.69 Å². The topological polar surface area (TPSA) is 43.8 Å². The van der Waals surface area contributed by atoms with E-state index in [1.807, 2.05) is 6.92 Å². The molecule has 1 aromatic heterocycles. The van der Waals surface area contributed by atoms with Crippen LogP contribution in [0.2, 0.25) is 5.02 Å². The Morgan fingerprint density at radius 1 is 1.54 bits per heavy atom. The van der Waals surface area contributed by atoms with Crippen molar-refractivity contribution < 1.29 is 0 Å². The fraction of sp³-hybridized carbons (Fsp3) is 0.667. The van der Waals surface area contributed by atoms with Crippen LogP contribution in [0.5, 0.6) is 0 Å². The average molecular weight is 202 g/mol. The first-order valence-electron chi connectivity index (χ1n) is 4.50. The standard InChI is InChI=1S/C9H16ClN3/c1-6(2)4-5-13-9(11)8(10)7(3)12-13/h6H,4-5,11H2,1-3H3. The van der Waals surface area contributed by atoms with E-state index < -0.39 is 0 Å². The predicted octanol–water partition coefficient (Wildman–Crippen LogP) is 2.47. The number of nitrogens with two attached hydrogens (primary N) is 1. The molecule has 1 aromatic rings. The van der Waals surface area contributed by atoms with Crippen molar-refractivity contribution in [1.82, 2.24) is 9.78 Å². The zero-order valence-electron chi connectivity index (χ0n) is 8.34.